The van der Waals surface area contributed by atoms with Gasteiger partial charge in [0.25, 0.3) is 0 Å². The maximum Gasteiger partial charge on any atom is 0.139 e. The number of unbranched alkanes of at least 4 members (excludes halogenated alkanes) is 32. The predicted molar refractivity (Wildman–Crippen MR) is 204 cm³/mol. The van der Waals surface area contributed by atoms with Crippen LogP contribution in [0.5, 0.6) is 0 Å². The van der Waals surface area contributed by atoms with Gasteiger partial charge in [0.2, 0.25) is 0 Å². The summed E-state index contributed by atoms with van der Waals surface area (Å²) in [5.74, 6) is 0.763. The van der Waals surface area contributed by atoms with E-state index < -0.39 is 0 Å². The van der Waals surface area contributed by atoms with Gasteiger partial charge in [0.05, 0.1) is 0 Å². The SMILES string of the molecule is CCCCCCCCCCCCCCCCCCCCC1(CCCCCCCCCCCCCCCCCC)CC(=O)CCC1=O. The van der Waals surface area contributed by atoms with Crippen molar-refractivity contribution in [3.8, 4) is 0 Å². The summed E-state index contributed by atoms with van der Waals surface area (Å²) in [7, 11) is 0. The van der Waals surface area contributed by atoms with Crippen molar-refractivity contribution in [2.24, 2.45) is 5.41 Å². The minimum Gasteiger partial charge on any atom is -0.300 e. The molecule has 0 aliphatic heterocycles. The molecule has 1 saturated carbocycles. The summed E-state index contributed by atoms with van der Waals surface area (Å²) in [5.41, 5.74) is -0.305. The van der Waals surface area contributed by atoms with Gasteiger partial charge in [0.1, 0.15) is 11.6 Å². The fourth-order valence-corrected chi connectivity index (χ4v) is 8.04. The minimum absolute atomic E-state index is 0.305. The second kappa shape index (κ2) is 32.9. The molecule has 0 heterocycles. The second-order valence-corrected chi connectivity index (χ2v) is 15.7. The number of Topliss-reactive ketones (excluding diaryl/α,β-unsaturated/α-hetero) is 2. The van der Waals surface area contributed by atoms with Gasteiger partial charge in [-0.3, -0.25) is 9.59 Å². The zero-order chi connectivity index (χ0) is 33.2. The highest BCUT2D eigenvalue weighted by Crippen LogP contribution is 2.41. The normalized spacial score (nSPS) is 16.9. The van der Waals surface area contributed by atoms with Crippen molar-refractivity contribution in [3.63, 3.8) is 0 Å². The van der Waals surface area contributed by atoms with Crippen molar-refractivity contribution in [1.29, 1.82) is 0 Å². The molecule has 0 N–H and O–H groups in total. The fraction of sp³-hybridized carbons (Fsp3) is 0.955. The molecule has 1 aliphatic carbocycles. The van der Waals surface area contributed by atoms with Crippen molar-refractivity contribution in [2.75, 3.05) is 0 Å². The third-order valence-electron chi connectivity index (χ3n) is 11.3. The first kappa shape index (κ1) is 43.4. The Balaban J connectivity index is 2.01. The maximum absolute atomic E-state index is 13.1. The molecule has 2 nitrogen and oxygen atoms in total. The molecule has 1 atom stereocenters. The Labute approximate surface area is 290 Å². The number of ketones is 2. The lowest BCUT2D eigenvalue weighted by molar-refractivity contribution is -0.140. The van der Waals surface area contributed by atoms with E-state index in [0.717, 1.165) is 25.7 Å². The molecule has 2 heteroatoms. The zero-order valence-electron chi connectivity index (χ0n) is 31.9. The van der Waals surface area contributed by atoms with Crippen LogP contribution in [0.3, 0.4) is 0 Å². The Morgan fingerprint density at radius 1 is 0.348 bits per heavy atom. The first-order valence-corrected chi connectivity index (χ1v) is 21.7. The van der Waals surface area contributed by atoms with Crippen molar-refractivity contribution >= 4 is 11.6 Å². The van der Waals surface area contributed by atoms with Crippen LogP contribution in [0.2, 0.25) is 0 Å². The summed E-state index contributed by atoms with van der Waals surface area (Å²) >= 11 is 0. The molecule has 1 aliphatic rings. The monoisotopic (exact) mass is 645 g/mol. The summed E-state index contributed by atoms with van der Waals surface area (Å²) < 4.78 is 0. The van der Waals surface area contributed by atoms with Crippen LogP contribution in [0, 0.1) is 5.41 Å². The lowest BCUT2D eigenvalue weighted by Crippen LogP contribution is -2.38. The van der Waals surface area contributed by atoms with E-state index in [1.807, 2.05) is 0 Å². The lowest BCUT2D eigenvalue weighted by atomic mass is 9.66. The zero-order valence-corrected chi connectivity index (χ0v) is 31.9. The van der Waals surface area contributed by atoms with E-state index in [4.69, 9.17) is 0 Å². The third kappa shape index (κ3) is 25.4. The molecular formula is C44H84O2. The average molecular weight is 645 g/mol. The molecule has 0 aromatic carbocycles. The number of rotatable bonds is 36. The number of carbonyl (C=O) groups is 2. The van der Waals surface area contributed by atoms with Crippen molar-refractivity contribution in [2.45, 2.75) is 264 Å². The van der Waals surface area contributed by atoms with Crippen molar-refractivity contribution in [1.82, 2.24) is 0 Å². The minimum atomic E-state index is -0.305. The van der Waals surface area contributed by atoms with Gasteiger partial charge in [-0.05, 0) is 12.8 Å². The summed E-state index contributed by atoms with van der Waals surface area (Å²) in [6.07, 6.45) is 50.5. The lowest BCUT2D eigenvalue weighted by Gasteiger charge is -2.35. The average Bonchev–Trinajstić information content (AvgIpc) is 3.05. The molecule has 0 aromatic heterocycles. The summed E-state index contributed by atoms with van der Waals surface area (Å²) in [4.78, 5) is 25.6. The molecular weight excluding hydrogens is 560 g/mol. The molecule has 46 heavy (non-hydrogen) atoms. The van der Waals surface area contributed by atoms with E-state index >= 15 is 0 Å². The van der Waals surface area contributed by atoms with Crippen LogP contribution in [-0.2, 0) is 9.59 Å². The van der Waals surface area contributed by atoms with Gasteiger partial charge >= 0.3 is 0 Å². The van der Waals surface area contributed by atoms with Crippen LogP contribution >= 0.6 is 0 Å². The molecule has 1 fully saturated rings. The molecule has 0 amide bonds. The van der Waals surface area contributed by atoms with Gasteiger partial charge in [-0.25, -0.2) is 0 Å². The smallest absolute Gasteiger partial charge is 0.139 e. The molecule has 1 unspecified atom stereocenters. The van der Waals surface area contributed by atoms with Crippen LogP contribution in [0.1, 0.15) is 264 Å². The number of carbonyl (C=O) groups excluding carboxylic acids is 2. The Bertz CT molecular complexity index is 669. The predicted octanol–water partition coefficient (Wildman–Crippen LogP) is 15.4. The second-order valence-electron chi connectivity index (χ2n) is 15.7. The highest BCUT2D eigenvalue weighted by Gasteiger charge is 2.41. The molecule has 0 aromatic rings. The standard InChI is InChI=1S/C44H84O2/c1-3-5-7-9-11-13-15-17-19-21-22-24-26-28-30-32-34-36-40-44(41-42(45)37-38-43(44)46)39-35-33-31-29-27-25-23-20-18-16-14-12-10-8-6-4-2/h3-41H2,1-2H3. The number of hydrogen-bond donors (Lipinski definition) is 0. The van der Waals surface area contributed by atoms with Crippen LogP contribution < -0.4 is 0 Å². The van der Waals surface area contributed by atoms with Gasteiger partial charge in [-0.1, -0.05) is 232 Å². The van der Waals surface area contributed by atoms with Gasteiger partial charge in [-0.15, -0.1) is 0 Å². The molecule has 0 saturated heterocycles. The Morgan fingerprint density at radius 3 is 0.848 bits per heavy atom. The number of hydrogen-bond acceptors (Lipinski definition) is 2. The van der Waals surface area contributed by atoms with E-state index in [0.29, 0.717) is 30.8 Å². The first-order chi connectivity index (χ1) is 22.6. The molecule has 272 valence electrons. The summed E-state index contributed by atoms with van der Waals surface area (Å²) in [6, 6.07) is 0. The van der Waals surface area contributed by atoms with E-state index in [-0.39, 0.29) is 5.41 Å². The molecule has 0 bridgehead atoms. The van der Waals surface area contributed by atoms with E-state index in [9.17, 15) is 9.59 Å². The quantitative estimate of drug-likeness (QED) is 0.0636. The highest BCUT2D eigenvalue weighted by molar-refractivity contribution is 5.97. The largest absolute Gasteiger partial charge is 0.300 e. The van der Waals surface area contributed by atoms with Gasteiger partial charge < -0.3 is 0 Å². The fourth-order valence-electron chi connectivity index (χ4n) is 8.04. The van der Waals surface area contributed by atoms with Gasteiger partial charge in [0, 0.05) is 24.7 Å². The Hall–Kier alpha value is -0.660. The first-order valence-electron chi connectivity index (χ1n) is 21.7. The van der Waals surface area contributed by atoms with Crippen LogP contribution in [-0.4, -0.2) is 11.6 Å². The molecule has 0 spiro atoms. The van der Waals surface area contributed by atoms with E-state index in [2.05, 4.69) is 13.8 Å². The van der Waals surface area contributed by atoms with Crippen LogP contribution in [0.25, 0.3) is 0 Å². The Kier molecular flexibility index (Phi) is 31.0. The molecule has 1 rings (SSSR count). The highest BCUT2D eigenvalue weighted by atomic mass is 16.1. The summed E-state index contributed by atoms with van der Waals surface area (Å²) in [6.45, 7) is 4.59. The van der Waals surface area contributed by atoms with Crippen molar-refractivity contribution < 1.29 is 9.59 Å². The van der Waals surface area contributed by atoms with E-state index in [1.54, 1.807) is 0 Å². The third-order valence-corrected chi connectivity index (χ3v) is 11.3. The van der Waals surface area contributed by atoms with Crippen LogP contribution in [0.4, 0.5) is 0 Å². The summed E-state index contributed by atoms with van der Waals surface area (Å²) in [5, 5.41) is 0. The van der Waals surface area contributed by atoms with Crippen LogP contribution in [0.15, 0.2) is 0 Å². The van der Waals surface area contributed by atoms with E-state index in [1.165, 1.54) is 205 Å². The van der Waals surface area contributed by atoms with Crippen molar-refractivity contribution in [3.05, 3.63) is 0 Å². The molecule has 0 radical (unpaired) electrons. The Morgan fingerprint density at radius 2 is 0.587 bits per heavy atom. The maximum atomic E-state index is 13.1. The van der Waals surface area contributed by atoms with Gasteiger partial charge in [0.15, 0.2) is 0 Å². The van der Waals surface area contributed by atoms with Gasteiger partial charge in [-0.2, -0.15) is 0 Å². The topological polar surface area (TPSA) is 34.1 Å².